The number of rotatable bonds is 67. The van der Waals surface area contributed by atoms with E-state index >= 15 is 0 Å². The number of ether oxygens (including phenoxy) is 3. The summed E-state index contributed by atoms with van der Waals surface area (Å²) in [6, 6.07) is 0. The minimum absolute atomic E-state index is 0.0755. The molecule has 1 unspecified atom stereocenters. The Morgan fingerprint density at radius 3 is 0.753 bits per heavy atom. The number of carbonyl (C=O) groups is 3. The van der Waals surface area contributed by atoms with Gasteiger partial charge in [0.2, 0.25) is 0 Å². The average Bonchev–Trinajstić information content (AvgIpc) is 3.47. The zero-order chi connectivity index (χ0) is 58.5. The Morgan fingerprint density at radius 2 is 0.481 bits per heavy atom. The van der Waals surface area contributed by atoms with E-state index in [-0.39, 0.29) is 31.1 Å². The van der Waals surface area contributed by atoms with Gasteiger partial charge in [0, 0.05) is 19.3 Å². The molecule has 0 N–H and O–H groups in total. The van der Waals surface area contributed by atoms with Crippen LogP contribution in [0.1, 0.15) is 393 Å². The monoisotopic (exact) mass is 1140 g/mol. The third kappa shape index (κ3) is 68.0. The topological polar surface area (TPSA) is 78.9 Å². The maximum atomic E-state index is 13.0. The predicted molar refractivity (Wildman–Crippen MR) is 353 cm³/mol. The van der Waals surface area contributed by atoms with E-state index in [1.807, 2.05) is 0 Å². The molecule has 0 aromatic rings. The molecule has 0 aliphatic rings. The van der Waals surface area contributed by atoms with Crippen LogP contribution in [-0.2, 0) is 28.6 Å². The van der Waals surface area contributed by atoms with Gasteiger partial charge in [-0.2, -0.15) is 0 Å². The van der Waals surface area contributed by atoms with Gasteiger partial charge in [-0.05, 0) is 57.8 Å². The Labute approximate surface area is 505 Å². The molecule has 0 fully saturated rings. The van der Waals surface area contributed by atoms with Gasteiger partial charge < -0.3 is 14.2 Å². The Hall–Kier alpha value is -2.63. The molecule has 0 aromatic carbocycles. The van der Waals surface area contributed by atoms with Crippen LogP contribution in [0.25, 0.3) is 0 Å². The summed E-state index contributed by atoms with van der Waals surface area (Å²) in [7, 11) is 0. The van der Waals surface area contributed by atoms with Crippen molar-refractivity contribution in [2.45, 2.75) is 399 Å². The average molecular weight is 1140 g/mol. The minimum Gasteiger partial charge on any atom is -0.462 e. The summed E-state index contributed by atoms with van der Waals surface area (Å²) in [4.78, 5) is 38.5. The number of allylic oxidation sites excluding steroid dienone is 8. The van der Waals surface area contributed by atoms with E-state index in [4.69, 9.17) is 14.2 Å². The van der Waals surface area contributed by atoms with Crippen molar-refractivity contribution in [3.63, 3.8) is 0 Å². The number of hydrogen-bond donors (Lipinski definition) is 0. The van der Waals surface area contributed by atoms with Crippen molar-refractivity contribution < 1.29 is 28.6 Å². The van der Waals surface area contributed by atoms with Crippen molar-refractivity contribution in [2.75, 3.05) is 13.2 Å². The third-order valence-electron chi connectivity index (χ3n) is 16.3. The first-order valence-electron chi connectivity index (χ1n) is 36.1. The molecule has 0 amide bonds. The molecule has 0 aliphatic carbocycles. The second-order valence-electron chi connectivity index (χ2n) is 24.5. The lowest BCUT2D eigenvalue weighted by molar-refractivity contribution is -0.167. The summed E-state index contributed by atoms with van der Waals surface area (Å²) in [5, 5.41) is 0. The Balaban J connectivity index is 4.27. The zero-order valence-corrected chi connectivity index (χ0v) is 54.6. The summed E-state index contributed by atoms with van der Waals surface area (Å²) in [5.74, 6) is -0.871. The SMILES string of the molecule is CC/C=C\C/C=C\C/C=C\C/C=C\CCCCCCC(=O)OCC(COC(=O)CCCCCCCCCCCCCCCCCCCCCCCCCCCCC)OC(=O)CCCCCCCCCCCCCCCCCCCCC. The summed E-state index contributed by atoms with van der Waals surface area (Å²) in [6.45, 7) is 6.59. The van der Waals surface area contributed by atoms with Crippen molar-refractivity contribution >= 4 is 17.9 Å². The Morgan fingerprint density at radius 1 is 0.259 bits per heavy atom. The molecule has 0 bridgehead atoms. The fourth-order valence-electron chi connectivity index (χ4n) is 11.0. The summed E-state index contributed by atoms with van der Waals surface area (Å²) in [6.07, 6.45) is 88.6. The van der Waals surface area contributed by atoms with E-state index in [1.54, 1.807) is 0 Å². The predicted octanol–water partition coefficient (Wildman–Crippen LogP) is 24.9. The molecule has 1 atom stereocenters. The maximum Gasteiger partial charge on any atom is 0.306 e. The molecule has 0 heterocycles. The highest BCUT2D eigenvalue weighted by atomic mass is 16.6. The van der Waals surface area contributed by atoms with Crippen LogP contribution in [0.5, 0.6) is 0 Å². The van der Waals surface area contributed by atoms with Crippen molar-refractivity contribution in [2.24, 2.45) is 0 Å². The van der Waals surface area contributed by atoms with Crippen LogP contribution < -0.4 is 0 Å². The Kier molecular flexibility index (Phi) is 67.6. The van der Waals surface area contributed by atoms with E-state index in [9.17, 15) is 14.4 Å². The molecule has 0 saturated heterocycles. The highest BCUT2D eigenvalue weighted by Gasteiger charge is 2.19. The number of esters is 3. The normalized spacial score (nSPS) is 12.3. The van der Waals surface area contributed by atoms with E-state index in [2.05, 4.69) is 69.4 Å². The summed E-state index contributed by atoms with van der Waals surface area (Å²) < 4.78 is 17.0. The van der Waals surface area contributed by atoms with E-state index in [1.165, 1.54) is 257 Å². The molecule has 474 valence electrons. The van der Waals surface area contributed by atoms with E-state index < -0.39 is 6.10 Å². The van der Waals surface area contributed by atoms with Crippen LogP contribution in [-0.4, -0.2) is 37.2 Å². The molecular weight excluding hydrogens is 997 g/mol. The number of carbonyl (C=O) groups excluding carboxylic acids is 3. The van der Waals surface area contributed by atoms with Crippen molar-refractivity contribution in [1.29, 1.82) is 0 Å². The van der Waals surface area contributed by atoms with E-state index in [0.717, 1.165) is 96.3 Å². The number of unbranched alkanes of at least 4 members (excludes halogenated alkanes) is 48. The molecule has 0 radical (unpaired) electrons. The van der Waals surface area contributed by atoms with Gasteiger partial charge >= 0.3 is 17.9 Å². The summed E-state index contributed by atoms with van der Waals surface area (Å²) in [5.41, 5.74) is 0. The molecule has 6 heteroatoms. The molecule has 0 aliphatic heterocycles. The van der Waals surface area contributed by atoms with Crippen LogP contribution >= 0.6 is 0 Å². The largest absolute Gasteiger partial charge is 0.462 e. The van der Waals surface area contributed by atoms with Crippen molar-refractivity contribution in [3.8, 4) is 0 Å². The zero-order valence-electron chi connectivity index (χ0n) is 54.6. The molecule has 0 spiro atoms. The van der Waals surface area contributed by atoms with Crippen molar-refractivity contribution in [3.05, 3.63) is 48.6 Å². The quantitative estimate of drug-likeness (QED) is 0.0261. The van der Waals surface area contributed by atoms with Crippen molar-refractivity contribution in [1.82, 2.24) is 0 Å². The first-order chi connectivity index (χ1) is 40.0. The first-order valence-corrected chi connectivity index (χ1v) is 36.1. The molecule has 81 heavy (non-hydrogen) atoms. The number of hydrogen-bond acceptors (Lipinski definition) is 6. The van der Waals surface area contributed by atoms with Gasteiger partial charge in [-0.1, -0.05) is 365 Å². The lowest BCUT2D eigenvalue weighted by Gasteiger charge is -2.18. The van der Waals surface area contributed by atoms with Crippen LogP contribution in [0.2, 0.25) is 0 Å². The molecule has 0 aromatic heterocycles. The highest BCUT2D eigenvalue weighted by molar-refractivity contribution is 5.71. The van der Waals surface area contributed by atoms with Gasteiger partial charge in [-0.15, -0.1) is 0 Å². The van der Waals surface area contributed by atoms with Gasteiger partial charge in [-0.25, -0.2) is 0 Å². The molecule has 0 rings (SSSR count). The second kappa shape index (κ2) is 69.9. The lowest BCUT2D eigenvalue weighted by Crippen LogP contribution is -2.30. The van der Waals surface area contributed by atoms with Crippen LogP contribution in [0.3, 0.4) is 0 Å². The first kappa shape index (κ1) is 78.4. The Bertz CT molecular complexity index is 1400. The van der Waals surface area contributed by atoms with Gasteiger partial charge in [0.25, 0.3) is 0 Å². The van der Waals surface area contributed by atoms with Crippen LogP contribution in [0.4, 0.5) is 0 Å². The maximum absolute atomic E-state index is 13.0. The minimum atomic E-state index is -0.782. The second-order valence-corrected chi connectivity index (χ2v) is 24.5. The lowest BCUT2D eigenvalue weighted by atomic mass is 10.0. The van der Waals surface area contributed by atoms with Gasteiger partial charge in [0.1, 0.15) is 13.2 Å². The standard InChI is InChI=1S/C75H138O6/c1-4-7-10-13-16-19-22-25-28-31-33-34-35-36-37-38-39-40-42-44-47-50-53-56-59-62-65-68-74(77)80-71-72(70-79-73(76)67-64-61-58-55-52-49-46-43-30-27-24-21-18-15-12-9-6-3)81-75(78)69-66-63-60-57-54-51-48-45-41-32-29-26-23-20-17-14-11-8-5-2/h9,12,18,21,27,30,46,49,72H,4-8,10-11,13-17,19-20,22-26,28-29,31-45,47-48,50-71H2,1-3H3/b12-9-,21-18-,30-27-,49-46-. The van der Waals surface area contributed by atoms with Gasteiger partial charge in [0.15, 0.2) is 6.10 Å². The molecule has 6 nitrogen and oxygen atoms in total. The van der Waals surface area contributed by atoms with E-state index in [0.29, 0.717) is 19.3 Å². The fourth-order valence-corrected chi connectivity index (χ4v) is 11.0. The molecular formula is C75H138O6. The van der Waals surface area contributed by atoms with Crippen LogP contribution in [0.15, 0.2) is 48.6 Å². The summed E-state index contributed by atoms with van der Waals surface area (Å²) >= 11 is 0. The third-order valence-corrected chi connectivity index (χ3v) is 16.3. The van der Waals surface area contributed by atoms with Gasteiger partial charge in [-0.3, -0.25) is 14.4 Å². The smallest absolute Gasteiger partial charge is 0.306 e. The molecule has 0 saturated carbocycles. The highest BCUT2D eigenvalue weighted by Crippen LogP contribution is 2.19. The van der Waals surface area contributed by atoms with Crippen LogP contribution in [0, 0.1) is 0 Å². The van der Waals surface area contributed by atoms with Gasteiger partial charge in [0.05, 0.1) is 0 Å². The fraction of sp³-hybridized carbons (Fsp3) is 0.853.